The predicted octanol–water partition coefficient (Wildman–Crippen LogP) is 2.09. The van der Waals surface area contributed by atoms with Gasteiger partial charge in [-0.05, 0) is 17.9 Å². The summed E-state index contributed by atoms with van der Waals surface area (Å²) in [5.74, 6) is -0.350. The van der Waals surface area contributed by atoms with E-state index in [4.69, 9.17) is 0 Å². The molecule has 2 rings (SSSR count). The van der Waals surface area contributed by atoms with E-state index in [1.807, 2.05) is 25.1 Å². The number of hydrogen-bond donors (Lipinski definition) is 1. The molecule has 0 bridgehead atoms. The SMILES string of the molecule is CC(CC1C(=O)NC(=O)C1C)c1ccccc1. The van der Waals surface area contributed by atoms with Crippen LogP contribution in [-0.2, 0) is 9.59 Å². The number of benzene rings is 1. The minimum Gasteiger partial charge on any atom is -0.296 e. The summed E-state index contributed by atoms with van der Waals surface area (Å²) in [5.41, 5.74) is 1.21. The number of rotatable bonds is 3. The number of imide groups is 1. The lowest BCUT2D eigenvalue weighted by atomic mass is 9.85. The highest BCUT2D eigenvalue weighted by Gasteiger charge is 2.38. The molecule has 1 aliphatic rings. The van der Waals surface area contributed by atoms with Gasteiger partial charge in [0, 0.05) is 5.92 Å². The van der Waals surface area contributed by atoms with Gasteiger partial charge in [0.25, 0.3) is 0 Å². The molecular weight excluding hydrogens is 214 g/mol. The van der Waals surface area contributed by atoms with Gasteiger partial charge < -0.3 is 0 Å². The topological polar surface area (TPSA) is 46.2 Å². The smallest absolute Gasteiger partial charge is 0.230 e. The summed E-state index contributed by atoms with van der Waals surface area (Å²) < 4.78 is 0. The molecule has 1 aromatic rings. The van der Waals surface area contributed by atoms with Crippen LogP contribution in [0.25, 0.3) is 0 Å². The zero-order chi connectivity index (χ0) is 12.4. The Labute approximate surface area is 101 Å². The molecule has 0 spiro atoms. The quantitative estimate of drug-likeness (QED) is 0.810. The first-order valence-corrected chi connectivity index (χ1v) is 5.99. The maximum absolute atomic E-state index is 11.6. The molecule has 1 N–H and O–H groups in total. The Kier molecular flexibility index (Phi) is 3.27. The number of hydrogen-bond acceptors (Lipinski definition) is 2. The summed E-state index contributed by atoms with van der Waals surface area (Å²) in [5, 5.41) is 2.40. The van der Waals surface area contributed by atoms with Crippen molar-refractivity contribution in [3.8, 4) is 0 Å². The largest absolute Gasteiger partial charge is 0.296 e. The van der Waals surface area contributed by atoms with Crippen molar-refractivity contribution in [1.82, 2.24) is 5.32 Å². The van der Waals surface area contributed by atoms with Crippen molar-refractivity contribution in [2.45, 2.75) is 26.2 Å². The van der Waals surface area contributed by atoms with Gasteiger partial charge in [0.05, 0.1) is 5.92 Å². The maximum atomic E-state index is 11.6. The second kappa shape index (κ2) is 4.70. The zero-order valence-corrected chi connectivity index (χ0v) is 10.1. The van der Waals surface area contributed by atoms with Gasteiger partial charge in [-0.25, -0.2) is 0 Å². The molecular formula is C14H17NO2. The average molecular weight is 231 g/mol. The van der Waals surface area contributed by atoms with E-state index >= 15 is 0 Å². The van der Waals surface area contributed by atoms with Gasteiger partial charge >= 0.3 is 0 Å². The van der Waals surface area contributed by atoms with E-state index < -0.39 is 0 Å². The lowest BCUT2D eigenvalue weighted by Gasteiger charge is -2.17. The minimum atomic E-state index is -0.200. The van der Waals surface area contributed by atoms with Crippen molar-refractivity contribution < 1.29 is 9.59 Å². The zero-order valence-electron chi connectivity index (χ0n) is 10.1. The number of carbonyl (C=O) groups is 2. The molecule has 0 aromatic heterocycles. The highest BCUT2D eigenvalue weighted by atomic mass is 16.2. The molecule has 0 radical (unpaired) electrons. The predicted molar refractivity (Wildman–Crippen MR) is 65.3 cm³/mol. The summed E-state index contributed by atoms with van der Waals surface area (Å²) in [7, 11) is 0. The first-order chi connectivity index (χ1) is 8.09. The van der Waals surface area contributed by atoms with Crippen molar-refractivity contribution in [1.29, 1.82) is 0 Å². The van der Waals surface area contributed by atoms with Crippen LogP contribution in [0.1, 0.15) is 31.7 Å². The Morgan fingerprint density at radius 3 is 2.35 bits per heavy atom. The van der Waals surface area contributed by atoms with Crippen LogP contribution >= 0.6 is 0 Å². The molecule has 0 aliphatic carbocycles. The third kappa shape index (κ3) is 2.38. The summed E-state index contributed by atoms with van der Waals surface area (Å²) in [6.45, 7) is 3.92. The molecule has 3 heteroatoms. The Morgan fingerprint density at radius 2 is 1.82 bits per heavy atom. The number of nitrogens with one attached hydrogen (secondary N) is 1. The van der Waals surface area contributed by atoms with Gasteiger partial charge in [-0.2, -0.15) is 0 Å². The second-order valence-corrected chi connectivity index (χ2v) is 4.80. The Balaban J connectivity index is 2.07. The van der Waals surface area contributed by atoms with E-state index in [1.54, 1.807) is 0 Å². The third-order valence-corrected chi connectivity index (χ3v) is 3.58. The van der Waals surface area contributed by atoms with E-state index in [1.165, 1.54) is 5.56 Å². The molecule has 2 amide bonds. The van der Waals surface area contributed by atoms with E-state index in [0.717, 1.165) is 6.42 Å². The standard InChI is InChI=1S/C14H17NO2/c1-9(11-6-4-3-5-7-11)8-12-10(2)13(16)15-14(12)17/h3-7,9-10,12H,8H2,1-2H3,(H,15,16,17). The fourth-order valence-corrected chi connectivity index (χ4v) is 2.35. The van der Waals surface area contributed by atoms with Crippen LogP contribution in [-0.4, -0.2) is 11.8 Å². The van der Waals surface area contributed by atoms with Crippen molar-refractivity contribution in [2.75, 3.05) is 0 Å². The highest BCUT2D eigenvalue weighted by Crippen LogP contribution is 2.30. The molecule has 1 fully saturated rings. The molecule has 0 saturated carbocycles. The molecule has 1 aromatic carbocycles. The van der Waals surface area contributed by atoms with Crippen molar-refractivity contribution >= 4 is 11.8 Å². The van der Waals surface area contributed by atoms with Crippen LogP contribution in [0.2, 0.25) is 0 Å². The monoisotopic (exact) mass is 231 g/mol. The van der Waals surface area contributed by atoms with Crippen LogP contribution in [0.4, 0.5) is 0 Å². The van der Waals surface area contributed by atoms with Gasteiger partial charge in [0.2, 0.25) is 11.8 Å². The summed E-state index contributed by atoms with van der Waals surface area (Å²) in [6.07, 6.45) is 0.725. The normalized spacial score (nSPS) is 25.8. The highest BCUT2D eigenvalue weighted by molar-refractivity contribution is 6.04. The minimum absolute atomic E-state index is 0.120. The molecule has 90 valence electrons. The lowest BCUT2D eigenvalue weighted by molar-refractivity contribution is -0.126. The van der Waals surface area contributed by atoms with Gasteiger partial charge in [-0.1, -0.05) is 44.2 Å². The first kappa shape index (κ1) is 11.8. The maximum Gasteiger partial charge on any atom is 0.230 e. The first-order valence-electron chi connectivity index (χ1n) is 5.99. The third-order valence-electron chi connectivity index (χ3n) is 3.58. The fraction of sp³-hybridized carbons (Fsp3) is 0.429. The van der Waals surface area contributed by atoms with Gasteiger partial charge in [-0.3, -0.25) is 14.9 Å². The Bertz CT molecular complexity index is 427. The number of carbonyl (C=O) groups excluding carboxylic acids is 2. The van der Waals surface area contributed by atoms with Crippen LogP contribution in [0.3, 0.4) is 0 Å². The van der Waals surface area contributed by atoms with E-state index in [-0.39, 0.29) is 23.7 Å². The van der Waals surface area contributed by atoms with Crippen LogP contribution in [0.15, 0.2) is 30.3 Å². The molecule has 1 aliphatic heterocycles. The fourth-order valence-electron chi connectivity index (χ4n) is 2.35. The summed E-state index contributed by atoms with van der Waals surface area (Å²) in [4.78, 5) is 23.0. The second-order valence-electron chi connectivity index (χ2n) is 4.80. The van der Waals surface area contributed by atoms with Crippen LogP contribution in [0.5, 0.6) is 0 Å². The summed E-state index contributed by atoms with van der Waals surface area (Å²) >= 11 is 0. The van der Waals surface area contributed by atoms with Gasteiger partial charge in [0.15, 0.2) is 0 Å². The Hall–Kier alpha value is -1.64. The molecule has 1 saturated heterocycles. The van der Waals surface area contributed by atoms with E-state index in [2.05, 4.69) is 24.4 Å². The van der Waals surface area contributed by atoms with Crippen molar-refractivity contribution in [3.63, 3.8) is 0 Å². The molecule has 3 unspecified atom stereocenters. The van der Waals surface area contributed by atoms with Gasteiger partial charge in [-0.15, -0.1) is 0 Å². The number of amides is 2. The molecule has 3 atom stereocenters. The lowest BCUT2D eigenvalue weighted by Crippen LogP contribution is -2.22. The van der Waals surface area contributed by atoms with Crippen LogP contribution < -0.4 is 5.32 Å². The van der Waals surface area contributed by atoms with Crippen molar-refractivity contribution in [2.24, 2.45) is 11.8 Å². The van der Waals surface area contributed by atoms with E-state index in [0.29, 0.717) is 5.92 Å². The van der Waals surface area contributed by atoms with Crippen LogP contribution in [0, 0.1) is 11.8 Å². The van der Waals surface area contributed by atoms with Crippen molar-refractivity contribution in [3.05, 3.63) is 35.9 Å². The molecule has 17 heavy (non-hydrogen) atoms. The molecule has 3 nitrogen and oxygen atoms in total. The average Bonchev–Trinajstić information content (AvgIpc) is 2.57. The Morgan fingerprint density at radius 1 is 1.18 bits per heavy atom. The summed E-state index contributed by atoms with van der Waals surface area (Å²) in [6, 6.07) is 10.1. The van der Waals surface area contributed by atoms with Gasteiger partial charge in [0.1, 0.15) is 0 Å². The van der Waals surface area contributed by atoms with E-state index in [9.17, 15) is 9.59 Å². The molecule has 1 heterocycles.